The molecule has 0 aromatic carbocycles. The molecule has 1 fully saturated rings. The number of hydrogen-bond acceptors (Lipinski definition) is 6. The minimum absolute atomic E-state index is 0.1000. The lowest BCUT2D eigenvalue weighted by atomic mass is 10.0. The Bertz CT molecular complexity index is 1160. The van der Waals surface area contributed by atoms with Crippen molar-refractivity contribution in [2.45, 2.75) is 39.5 Å². The van der Waals surface area contributed by atoms with E-state index >= 15 is 0 Å². The molecule has 0 spiro atoms. The van der Waals surface area contributed by atoms with E-state index in [1.807, 2.05) is 20.2 Å². The van der Waals surface area contributed by atoms with Crippen molar-refractivity contribution < 1.29 is 9.53 Å². The molecule has 1 saturated carbocycles. The van der Waals surface area contributed by atoms with Crippen molar-refractivity contribution in [1.82, 2.24) is 29.3 Å². The van der Waals surface area contributed by atoms with E-state index in [0.717, 1.165) is 10.6 Å². The fourth-order valence-corrected chi connectivity index (χ4v) is 4.93. The number of nitrogens with zero attached hydrogens (tertiary/aromatic N) is 5. The predicted octanol–water partition coefficient (Wildman–Crippen LogP) is 4.46. The molecule has 1 aliphatic carbocycles. The number of aromatic nitrogens is 5. The molecule has 4 rings (SSSR count). The Hall–Kier alpha value is -2.52. The van der Waals surface area contributed by atoms with Crippen molar-refractivity contribution >= 4 is 29.5 Å². The zero-order valence-corrected chi connectivity index (χ0v) is 20.6. The minimum atomic E-state index is -0.332. The molecular formula is C22H27ClN6O2S. The Morgan fingerprint density at radius 1 is 1.22 bits per heavy atom. The van der Waals surface area contributed by atoms with Crippen LogP contribution >= 0.6 is 23.5 Å². The molecule has 3 aromatic rings. The lowest BCUT2D eigenvalue weighted by molar-refractivity contribution is 0.0984. The number of nitrogens with one attached hydrogen (secondary N) is 1. The molecule has 1 aliphatic rings. The maximum Gasteiger partial charge on any atom is 0.264 e. The molecule has 10 heteroatoms. The monoisotopic (exact) mass is 474 g/mol. The number of rotatable bonds is 7. The summed E-state index contributed by atoms with van der Waals surface area (Å²) in [5.74, 6) is 1.19. The van der Waals surface area contributed by atoms with E-state index in [4.69, 9.17) is 16.3 Å². The van der Waals surface area contributed by atoms with Crippen LogP contribution < -0.4 is 9.46 Å². The van der Waals surface area contributed by atoms with Gasteiger partial charge < -0.3 is 4.74 Å². The summed E-state index contributed by atoms with van der Waals surface area (Å²) in [4.78, 5) is 17.7. The number of carbonyl (C=O) groups is 1. The number of ether oxygens (including phenoxy) is 1. The fourth-order valence-electron chi connectivity index (χ4n) is 3.99. The lowest BCUT2D eigenvalue weighted by Crippen LogP contribution is -2.17. The normalized spacial score (nSPS) is 16.7. The van der Waals surface area contributed by atoms with Crippen molar-refractivity contribution in [3.63, 3.8) is 0 Å². The predicted molar refractivity (Wildman–Crippen MR) is 124 cm³/mol. The van der Waals surface area contributed by atoms with Crippen LogP contribution in [0.4, 0.5) is 0 Å². The molecule has 0 aliphatic heterocycles. The summed E-state index contributed by atoms with van der Waals surface area (Å²) in [5, 5.41) is 8.79. The van der Waals surface area contributed by atoms with Gasteiger partial charge in [0.1, 0.15) is 5.15 Å². The van der Waals surface area contributed by atoms with Crippen LogP contribution in [0.5, 0.6) is 5.88 Å². The molecule has 0 bridgehead atoms. The molecule has 1 amide bonds. The number of halogens is 1. The molecule has 1 N–H and O–H groups in total. The van der Waals surface area contributed by atoms with Crippen molar-refractivity contribution in [1.29, 1.82) is 0 Å². The van der Waals surface area contributed by atoms with Gasteiger partial charge in [-0.25, -0.2) is 9.67 Å². The van der Waals surface area contributed by atoms with Gasteiger partial charge in [-0.15, -0.1) is 5.10 Å². The highest BCUT2D eigenvalue weighted by Gasteiger charge is 2.64. The maximum absolute atomic E-state index is 12.5. The number of pyridine rings is 1. The first-order chi connectivity index (χ1) is 15.0. The van der Waals surface area contributed by atoms with Crippen LogP contribution in [0.15, 0.2) is 35.5 Å². The van der Waals surface area contributed by atoms with Gasteiger partial charge in [0.2, 0.25) is 5.88 Å². The van der Waals surface area contributed by atoms with E-state index in [0.29, 0.717) is 24.2 Å². The van der Waals surface area contributed by atoms with Gasteiger partial charge >= 0.3 is 0 Å². The van der Waals surface area contributed by atoms with E-state index in [1.54, 1.807) is 33.8 Å². The van der Waals surface area contributed by atoms with E-state index in [-0.39, 0.29) is 27.5 Å². The maximum atomic E-state index is 12.5. The molecule has 0 radical (unpaired) electrons. The molecular weight excluding hydrogens is 448 g/mol. The molecule has 0 unspecified atom stereocenters. The minimum Gasteiger partial charge on any atom is -0.476 e. The Kier molecular flexibility index (Phi) is 5.75. The van der Waals surface area contributed by atoms with E-state index in [1.165, 1.54) is 11.9 Å². The summed E-state index contributed by atoms with van der Waals surface area (Å²) < 4.78 is 12.0. The van der Waals surface area contributed by atoms with E-state index in [2.05, 4.69) is 47.6 Å². The number of hydrogen-bond donors (Lipinski definition) is 1. The van der Waals surface area contributed by atoms with Gasteiger partial charge in [-0.1, -0.05) is 39.3 Å². The van der Waals surface area contributed by atoms with Gasteiger partial charge in [0.15, 0.2) is 5.82 Å². The Balaban J connectivity index is 1.39. The van der Waals surface area contributed by atoms with Crippen LogP contribution in [0.25, 0.3) is 5.82 Å². The lowest BCUT2D eigenvalue weighted by Gasteiger charge is -2.07. The van der Waals surface area contributed by atoms with Crippen LogP contribution in [0.2, 0.25) is 5.15 Å². The number of carbonyl (C=O) groups excluding carboxylic acids is 1. The first-order valence-electron chi connectivity index (χ1n) is 10.3. The highest BCUT2D eigenvalue weighted by Crippen LogP contribution is 2.68. The molecule has 32 heavy (non-hydrogen) atoms. The van der Waals surface area contributed by atoms with Crippen molar-refractivity contribution in [3.05, 3.63) is 47.0 Å². The molecule has 0 atom stereocenters. The van der Waals surface area contributed by atoms with Crippen molar-refractivity contribution in [2.75, 3.05) is 6.61 Å². The van der Waals surface area contributed by atoms with Crippen LogP contribution in [-0.4, -0.2) is 37.1 Å². The molecule has 3 heterocycles. The molecule has 170 valence electrons. The SMILES string of the molecule is Cc1nn(C)cc1SNC(=O)c1ccc(-n2ccc(OCC3C(C)(C)C3(C)C)n2)nc1Cl. The van der Waals surface area contributed by atoms with Crippen molar-refractivity contribution in [3.8, 4) is 11.7 Å². The summed E-state index contributed by atoms with van der Waals surface area (Å²) in [6.45, 7) is 11.6. The third-order valence-corrected chi connectivity index (χ3v) is 8.01. The third kappa shape index (κ3) is 4.11. The summed E-state index contributed by atoms with van der Waals surface area (Å²) in [6, 6.07) is 5.13. The van der Waals surface area contributed by atoms with Gasteiger partial charge in [-0.05, 0) is 41.8 Å². The van der Waals surface area contributed by atoms with Gasteiger partial charge in [0.05, 0.1) is 22.8 Å². The summed E-state index contributed by atoms with van der Waals surface area (Å²) in [5.41, 5.74) is 1.64. The summed E-state index contributed by atoms with van der Waals surface area (Å²) in [6.07, 6.45) is 3.60. The average Bonchev–Trinajstić information content (AvgIpc) is 3.14. The van der Waals surface area contributed by atoms with Crippen LogP contribution in [-0.2, 0) is 7.05 Å². The quantitative estimate of drug-likeness (QED) is 0.402. The smallest absolute Gasteiger partial charge is 0.264 e. The highest BCUT2D eigenvalue weighted by atomic mass is 35.5. The zero-order valence-electron chi connectivity index (χ0n) is 19.0. The zero-order chi connectivity index (χ0) is 23.3. The second kappa shape index (κ2) is 8.12. The highest BCUT2D eigenvalue weighted by molar-refractivity contribution is 7.98. The average molecular weight is 475 g/mol. The molecule has 3 aromatic heterocycles. The Morgan fingerprint density at radius 2 is 1.94 bits per heavy atom. The first kappa shape index (κ1) is 22.7. The molecule has 8 nitrogen and oxygen atoms in total. The van der Waals surface area contributed by atoms with Crippen LogP contribution in [0, 0.1) is 23.7 Å². The molecule has 0 saturated heterocycles. The Labute approximate surface area is 196 Å². The van der Waals surface area contributed by atoms with E-state index < -0.39 is 0 Å². The topological polar surface area (TPSA) is 86.9 Å². The van der Waals surface area contributed by atoms with Gasteiger partial charge in [0, 0.05) is 31.4 Å². The first-order valence-corrected chi connectivity index (χ1v) is 11.5. The number of aryl methyl sites for hydroxylation is 2. The van der Waals surface area contributed by atoms with Crippen molar-refractivity contribution in [2.24, 2.45) is 23.8 Å². The third-order valence-electron chi connectivity index (χ3n) is 6.82. The van der Waals surface area contributed by atoms with Gasteiger partial charge in [0.25, 0.3) is 5.91 Å². The second-order valence-corrected chi connectivity index (χ2v) is 10.4. The summed E-state index contributed by atoms with van der Waals surface area (Å²) >= 11 is 7.49. The summed E-state index contributed by atoms with van der Waals surface area (Å²) in [7, 11) is 1.83. The van der Waals surface area contributed by atoms with Crippen LogP contribution in [0.1, 0.15) is 43.7 Å². The number of amides is 1. The largest absolute Gasteiger partial charge is 0.476 e. The van der Waals surface area contributed by atoms with Gasteiger partial charge in [-0.2, -0.15) is 5.10 Å². The standard InChI is InChI=1S/C22H27ClN6O2S/c1-13-15(11-28(6)25-13)32-27-20(30)14-7-8-17(24-19(14)23)29-10-9-18(26-29)31-12-16-21(2,3)22(16,4)5/h7-11,16H,12H2,1-6H3,(H,27,30). The van der Waals surface area contributed by atoms with Gasteiger partial charge in [-0.3, -0.25) is 14.2 Å². The fraction of sp³-hybridized carbons (Fsp3) is 0.455. The Morgan fingerprint density at radius 3 is 2.53 bits per heavy atom. The van der Waals surface area contributed by atoms with Crippen LogP contribution in [0.3, 0.4) is 0 Å². The second-order valence-electron chi connectivity index (χ2n) is 9.20. The van der Waals surface area contributed by atoms with E-state index in [9.17, 15) is 4.79 Å².